The van der Waals surface area contributed by atoms with Gasteiger partial charge in [-0.2, -0.15) is 0 Å². The molecule has 414 valence electrons. The molecule has 6 nitrogen and oxygen atoms in total. The Balaban J connectivity index is 3.44. The Morgan fingerprint density at radius 2 is 0.671 bits per heavy atom. The lowest BCUT2D eigenvalue weighted by molar-refractivity contribution is -0.143. The highest BCUT2D eigenvalue weighted by Gasteiger charge is 2.20. The van der Waals surface area contributed by atoms with E-state index < -0.39 is 12.1 Å². The van der Waals surface area contributed by atoms with Crippen LogP contribution in [0.2, 0.25) is 0 Å². The van der Waals surface area contributed by atoms with Gasteiger partial charge in [-0.15, -0.1) is 0 Å². The summed E-state index contributed by atoms with van der Waals surface area (Å²) < 4.78 is 5.48. The molecule has 0 rings (SSSR count). The predicted molar refractivity (Wildman–Crippen MR) is 306 cm³/mol. The first kappa shape index (κ1) is 68.3. The molecule has 3 N–H and O–H groups in total. The highest BCUT2D eigenvalue weighted by molar-refractivity contribution is 5.76. The molecule has 0 aliphatic heterocycles. The highest BCUT2D eigenvalue weighted by atomic mass is 16.5. The highest BCUT2D eigenvalue weighted by Crippen LogP contribution is 2.18. The van der Waals surface area contributed by atoms with Crippen molar-refractivity contribution in [3.05, 3.63) is 24.3 Å². The van der Waals surface area contributed by atoms with Crippen molar-refractivity contribution in [3.8, 4) is 0 Å². The lowest BCUT2D eigenvalue weighted by Crippen LogP contribution is -2.45. The lowest BCUT2D eigenvalue weighted by atomic mass is 10.0. The molecule has 0 aromatic rings. The Bertz CT molecular complexity index is 1090. The maximum atomic E-state index is 12.5. The summed E-state index contributed by atoms with van der Waals surface area (Å²) in [5.74, 6) is -0.0503. The summed E-state index contributed by atoms with van der Waals surface area (Å²) in [4.78, 5) is 24.6. The van der Waals surface area contributed by atoms with E-state index in [1.807, 2.05) is 0 Å². The van der Waals surface area contributed by atoms with Crippen LogP contribution in [0.15, 0.2) is 24.3 Å². The number of amides is 1. The standard InChI is InChI=1S/C64H123NO5/c1-3-5-7-9-11-13-15-17-19-21-22-25-28-32-36-40-44-48-52-56-62(67)61(60-66)65-63(68)57-53-49-45-41-37-33-29-26-23-24-27-31-35-39-43-47-51-55-59-70-64(69)58-54-50-46-42-38-34-30-20-18-16-14-12-10-8-6-4-2/h20,26,29-30,61-62,66-67H,3-19,21-25,27-28,31-60H2,1-2H3,(H,65,68)/b29-26-,30-20-. The molecule has 2 atom stereocenters. The number of nitrogens with one attached hydrogen (secondary N) is 1. The zero-order chi connectivity index (χ0) is 50.7. The topological polar surface area (TPSA) is 95.9 Å². The molecular formula is C64H123NO5. The van der Waals surface area contributed by atoms with Crippen LogP contribution in [0.1, 0.15) is 348 Å². The van der Waals surface area contributed by atoms with Crippen LogP contribution in [0.25, 0.3) is 0 Å². The van der Waals surface area contributed by atoms with Gasteiger partial charge in [-0.3, -0.25) is 9.59 Å². The van der Waals surface area contributed by atoms with Crippen molar-refractivity contribution in [2.24, 2.45) is 0 Å². The molecule has 6 heteroatoms. The molecule has 0 heterocycles. The van der Waals surface area contributed by atoms with Crippen LogP contribution in [0, 0.1) is 0 Å². The second kappa shape index (κ2) is 59.9. The monoisotopic (exact) mass is 986 g/mol. The van der Waals surface area contributed by atoms with Gasteiger partial charge in [-0.05, 0) is 77.0 Å². The molecule has 0 aliphatic rings. The average molecular weight is 987 g/mol. The second-order valence-corrected chi connectivity index (χ2v) is 21.7. The van der Waals surface area contributed by atoms with Gasteiger partial charge in [0, 0.05) is 12.8 Å². The fraction of sp³-hybridized carbons (Fsp3) is 0.906. The van der Waals surface area contributed by atoms with Gasteiger partial charge in [0.1, 0.15) is 0 Å². The van der Waals surface area contributed by atoms with Crippen molar-refractivity contribution in [1.82, 2.24) is 5.32 Å². The van der Waals surface area contributed by atoms with Crippen molar-refractivity contribution in [2.75, 3.05) is 13.2 Å². The fourth-order valence-corrected chi connectivity index (χ4v) is 9.87. The number of rotatable bonds is 59. The lowest BCUT2D eigenvalue weighted by Gasteiger charge is -2.22. The van der Waals surface area contributed by atoms with Crippen molar-refractivity contribution in [1.29, 1.82) is 0 Å². The average Bonchev–Trinajstić information content (AvgIpc) is 3.36. The molecular weight excluding hydrogens is 863 g/mol. The number of aliphatic hydroxyl groups excluding tert-OH is 2. The van der Waals surface area contributed by atoms with Crippen LogP contribution in [-0.2, 0) is 14.3 Å². The third-order valence-electron chi connectivity index (χ3n) is 14.7. The van der Waals surface area contributed by atoms with Crippen LogP contribution in [0.4, 0.5) is 0 Å². The summed E-state index contributed by atoms with van der Waals surface area (Å²) in [5.41, 5.74) is 0. The Morgan fingerprint density at radius 1 is 0.386 bits per heavy atom. The Kier molecular flexibility index (Phi) is 58.5. The van der Waals surface area contributed by atoms with Gasteiger partial charge in [0.25, 0.3) is 0 Å². The second-order valence-electron chi connectivity index (χ2n) is 21.7. The normalized spacial score (nSPS) is 12.7. The predicted octanol–water partition coefficient (Wildman–Crippen LogP) is 19.8. The molecule has 0 aliphatic carbocycles. The molecule has 0 radical (unpaired) electrons. The number of carbonyl (C=O) groups is 2. The van der Waals surface area contributed by atoms with E-state index in [0.717, 1.165) is 57.8 Å². The van der Waals surface area contributed by atoms with Crippen LogP contribution in [0.5, 0.6) is 0 Å². The van der Waals surface area contributed by atoms with Crippen LogP contribution >= 0.6 is 0 Å². The molecule has 70 heavy (non-hydrogen) atoms. The van der Waals surface area contributed by atoms with E-state index in [4.69, 9.17) is 4.74 Å². The summed E-state index contributed by atoms with van der Waals surface area (Å²) in [5, 5.41) is 23.3. The number of carbonyl (C=O) groups excluding carboxylic acids is 2. The van der Waals surface area contributed by atoms with Crippen LogP contribution in [-0.4, -0.2) is 47.4 Å². The van der Waals surface area contributed by atoms with E-state index in [1.54, 1.807) is 0 Å². The number of allylic oxidation sites excluding steroid dienone is 4. The molecule has 0 aromatic carbocycles. The molecule has 2 unspecified atom stereocenters. The first-order chi connectivity index (χ1) is 34.5. The zero-order valence-electron chi connectivity index (χ0n) is 47.3. The largest absolute Gasteiger partial charge is 0.466 e. The van der Waals surface area contributed by atoms with Gasteiger partial charge in [-0.1, -0.05) is 282 Å². The van der Waals surface area contributed by atoms with Crippen molar-refractivity contribution in [2.45, 2.75) is 360 Å². The van der Waals surface area contributed by atoms with E-state index in [9.17, 15) is 19.8 Å². The first-order valence-electron chi connectivity index (χ1n) is 31.6. The maximum absolute atomic E-state index is 12.5. The molecule has 0 saturated heterocycles. The molecule has 0 saturated carbocycles. The number of unbranched alkanes of at least 4 members (excludes halogenated alkanes) is 44. The summed E-state index contributed by atoms with van der Waals surface area (Å²) in [6.07, 6.45) is 73.3. The third kappa shape index (κ3) is 55.7. The number of hydrogen-bond donors (Lipinski definition) is 3. The molecule has 1 amide bonds. The van der Waals surface area contributed by atoms with Crippen molar-refractivity contribution >= 4 is 11.9 Å². The minimum Gasteiger partial charge on any atom is -0.466 e. The van der Waals surface area contributed by atoms with Crippen molar-refractivity contribution in [3.63, 3.8) is 0 Å². The maximum Gasteiger partial charge on any atom is 0.305 e. The van der Waals surface area contributed by atoms with E-state index in [-0.39, 0.29) is 18.5 Å². The van der Waals surface area contributed by atoms with Gasteiger partial charge in [0.05, 0.1) is 25.4 Å². The SMILES string of the molecule is CCCCCCCCC/C=C\CCCCCCCC(=O)OCCCCCCCCCCC/C=C\CCCCCCCC(=O)NC(CO)C(O)CCCCCCCCCCCCCCCCCCCCC. The minimum absolute atomic E-state index is 0.00374. The van der Waals surface area contributed by atoms with Crippen molar-refractivity contribution < 1.29 is 24.5 Å². The van der Waals surface area contributed by atoms with Gasteiger partial charge in [0.15, 0.2) is 0 Å². The summed E-state index contributed by atoms with van der Waals surface area (Å²) >= 11 is 0. The minimum atomic E-state index is -0.674. The molecule has 0 bridgehead atoms. The molecule has 0 spiro atoms. The quantitative estimate of drug-likeness (QED) is 0.0321. The summed E-state index contributed by atoms with van der Waals surface area (Å²) in [6, 6.07) is -0.552. The van der Waals surface area contributed by atoms with Gasteiger partial charge >= 0.3 is 5.97 Å². The number of ether oxygens (including phenoxy) is 1. The summed E-state index contributed by atoms with van der Waals surface area (Å²) in [7, 11) is 0. The summed E-state index contributed by atoms with van der Waals surface area (Å²) in [6.45, 7) is 4.96. The molecule has 0 fully saturated rings. The van der Waals surface area contributed by atoms with Gasteiger partial charge in [0.2, 0.25) is 5.91 Å². The number of aliphatic hydroxyl groups is 2. The zero-order valence-corrected chi connectivity index (χ0v) is 47.3. The Hall–Kier alpha value is -1.66. The smallest absolute Gasteiger partial charge is 0.305 e. The van der Waals surface area contributed by atoms with Crippen LogP contribution in [0.3, 0.4) is 0 Å². The Labute approximate surface area is 437 Å². The van der Waals surface area contributed by atoms with E-state index in [2.05, 4.69) is 43.5 Å². The number of esters is 1. The van der Waals surface area contributed by atoms with Gasteiger partial charge in [-0.25, -0.2) is 0 Å². The van der Waals surface area contributed by atoms with Gasteiger partial charge < -0.3 is 20.3 Å². The molecule has 0 aromatic heterocycles. The van der Waals surface area contributed by atoms with E-state index in [0.29, 0.717) is 25.9 Å². The van der Waals surface area contributed by atoms with E-state index >= 15 is 0 Å². The first-order valence-corrected chi connectivity index (χ1v) is 31.6. The number of hydrogen-bond acceptors (Lipinski definition) is 5. The Morgan fingerprint density at radius 3 is 1.01 bits per heavy atom. The van der Waals surface area contributed by atoms with Crippen LogP contribution < -0.4 is 5.32 Å². The fourth-order valence-electron chi connectivity index (χ4n) is 9.87. The third-order valence-corrected chi connectivity index (χ3v) is 14.7. The van der Waals surface area contributed by atoms with E-state index in [1.165, 1.54) is 257 Å².